The molecule has 0 heterocycles. The van der Waals surface area contributed by atoms with Gasteiger partial charge < -0.3 is 0 Å². The van der Waals surface area contributed by atoms with E-state index in [1.807, 2.05) is 67.6 Å². The van der Waals surface area contributed by atoms with Gasteiger partial charge in [0.05, 0.1) is 4.90 Å². The molecule has 0 aromatic heterocycles. The number of carbonyl (C=O) groups excluding carboxylic acids is 2. The average molecular weight is 517 g/mol. The Morgan fingerprint density at radius 2 is 1.08 bits per heavy atom. The topological polar surface area (TPSA) is 68.3 Å². The van der Waals surface area contributed by atoms with E-state index in [-0.39, 0.29) is 10.7 Å². The summed E-state index contributed by atoms with van der Waals surface area (Å²) in [6, 6.07) is 31.7. The Bertz CT molecular complexity index is 1380. The molecule has 0 unspecified atom stereocenters. The van der Waals surface area contributed by atoms with E-state index < -0.39 is 20.4 Å². The third-order valence-corrected chi connectivity index (χ3v) is 8.47. The van der Waals surface area contributed by atoms with Crippen molar-refractivity contribution in [3.63, 3.8) is 0 Å². The molecule has 0 amide bonds. The normalized spacial score (nSPS) is 11.2. The zero-order chi connectivity index (χ0) is 26.3. The van der Waals surface area contributed by atoms with Crippen LogP contribution in [0.4, 0.5) is 0 Å². The Kier molecular flexibility index (Phi) is 8.66. The standard InChI is InChI=1S/C17H18O3S2.C13H10O/c1-12-4-10-15(11-5-12)22(19,20)17(2,3)16(18)13-6-8-14(21)9-7-13;14-13(11-7-3-1-4-8-11)12-9-5-2-6-10-12/h4-11,21H,1-3H3;1-10H. The fraction of sp³-hybridized carbons (Fsp3) is 0.133. The van der Waals surface area contributed by atoms with E-state index in [2.05, 4.69) is 12.6 Å². The number of Topliss-reactive ketones (excluding diaryl/α,β-unsaturated/α-hetero) is 1. The van der Waals surface area contributed by atoms with Gasteiger partial charge in [-0.15, -0.1) is 12.6 Å². The van der Waals surface area contributed by atoms with Crippen LogP contribution >= 0.6 is 12.6 Å². The number of benzene rings is 4. The van der Waals surface area contributed by atoms with Crippen molar-refractivity contribution in [1.82, 2.24) is 0 Å². The molecule has 0 saturated carbocycles. The van der Waals surface area contributed by atoms with Crippen molar-refractivity contribution >= 4 is 34.0 Å². The summed E-state index contributed by atoms with van der Waals surface area (Å²) in [5, 5.41) is 0. The highest BCUT2D eigenvalue weighted by atomic mass is 32.2. The largest absolute Gasteiger partial charge is 0.292 e. The van der Waals surface area contributed by atoms with Gasteiger partial charge in [-0.05, 0) is 45.0 Å². The second-order valence-electron chi connectivity index (χ2n) is 8.76. The zero-order valence-corrected chi connectivity index (χ0v) is 22.1. The Morgan fingerprint density at radius 1 is 0.639 bits per heavy atom. The van der Waals surface area contributed by atoms with E-state index in [1.54, 1.807) is 36.4 Å². The number of hydrogen-bond acceptors (Lipinski definition) is 5. The van der Waals surface area contributed by atoms with Gasteiger partial charge in [0.2, 0.25) is 0 Å². The van der Waals surface area contributed by atoms with Crippen molar-refractivity contribution < 1.29 is 18.0 Å². The molecule has 0 aliphatic heterocycles. The molecule has 0 bridgehead atoms. The van der Waals surface area contributed by atoms with E-state index in [0.717, 1.165) is 21.6 Å². The van der Waals surface area contributed by atoms with Gasteiger partial charge in [-0.1, -0.05) is 90.5 Å². The van der Waals surface area contributed by atoms with Crippen LogP contribution in [0.25, 0.3) is 0 Å². The smallest absolute Gasteiger partial charge is 0.193 e. The SMILES string of the molecule is Cc1ccc(S(=O)(=O)C(C)(C)C(=O)c2ccc(S)cc2)cc1.O=C(c1ccccc1)c1ccccc1. The number of sulfone groups is 1. The van der Waals surface area contributed by atoms with Crippen LogP contribution in [-0.4, -0.2) is 24.7 Å². The van der Waals surface area contributed by atoms with Crippen LogP contribution in [0.5, 0.6) is 0 Å². The summed E-state index contributed by atoms with van der Waals surface area (Å²) in [6.07, 6.45) is 0. The van der Waals surface area contributed by atoms with Gasteiger partial charge in [-0.25, -0.2) is 8.42 Å². The quantitative estimate of drug-likeness (QED) is 0.231. The minimum absolute atomic E-state index is 0.0752. The number of hydrogen-bond donors (Lipinski definition) is 1. The Labute approximate surface area is 218 Å². The molecule has 6 heteroatoms. The summed E-state index contributed by atoms with van der Waals surface area (Å²) < 4.78 is 24.1. The fourth-order valence-electron chi connectivity index (χ4n) is 3.44. The second-order valence-corrected chi connectivity index (χ2v) is 11.8. The highest BCUT2D eigenvalue weighted by Gasteiger charge is 2.42. The second kappa shape index (κ2) is 11.5. The van der Waals surface area contributed by atoms with E-state index in [1.165, 1.54) is 26.0 Å². The van der Waals surface area contributed by atoms with Gasteiger partial charge in [0.1, 0.15) is 4.75 Å². The molecule has 36 heavy (non-hydrogen) atoms. The number of rotatable bonds is 6. The highest BCUT2D eigenvalue weighted by Crippen LogP contribution is 2.29. The summed E-state index contributed by atoms with van der Waals surface area (Å²) in [7, 11) is -3.78. The maximum Gasteiger partial charge on any atom is 0.193 e. The number of carbonyl (C=O) groups is 2. The average Bonchev–Trinajstić information content (AvgIpc) is 2.90. The molecule has 0 aliphatic rings. The first kappa shape index (κ1) is 27.1. The van der Waals surface area contributed by atoms with Crippen molar-refractivity contribution in [3.8, 4) is 0 Å². The molecule has 184 valence electrons. The van der Waals surface area contributed by atoms with Crippen molar-refractivity contribution in [2.24, 2.45) is 0 Å². The summed E-state index contributed by atoms with van der Waals surface area (Å²) in [5.74, 6) is -0.354. The molecule has 4 aromatic carbocycles. The number of aryl methyl sites for hydroxylation is 1. The Morgan fingerprint density at radius 3 is 1.53 bits per heavy atom. The lowest BCUT2D eigenvalue weighted by Crippen LogP contribution is -2.40. The van der Waals surface area contributed by atoms with Gasteiger partial charge in [-0.3, -0.25) is 9.59 Å². The van der Waals surface area contributed by atoms with E-state index in [4.69, 9.17) is 0 Å². The minimum atomic E-state index is -3.78. The van der Waals surface area contributed by atoms with Crippen LogP contribution in [0.3, 0.4) is 0 Å². The lowest BCUT2D eigenvalue weighted by atomic mass is 10.0. The molecular formula is C30H28O4S2. The van der Waals surface area contributed by atoms with Crippen LogP contribution in [0.1, 0.15) is 45.7 Å². The molecule has 0 saturated heterocycles. The van der Waals surface area contributed by atoms with Gasteiger partial charge in [0.15, 0.2) is 21.4 Å². The molecule has 0 fully saturated rings. The molecule has 4 nitrogen and oxygen atoms in total. The van der Waals surface area contributed by atoms with Crippen molar-refractivity contribution in [2.45, 2.75) is 35.3 Å². The molecule has 0 radical (unpaired) electrons. The van der Waals surface area contributed by atoms with Crippen LogP contribution < -0.4 is 0 Å². The lowest BCUT2D eigenvalue weighted by Gasteiger charge is -2.23. The molecule has 0 atom stereocenters. The predicted octanol–water partition coefficient (Wildman–Crippen LogP) is 6.64. The first-order valence-corrected chi connectivity index (χ1v) is 13.3. The summed E-state index contributed by atoms with van der Waals surface area (Å²) in [5.41, 5.74) is 2.79. The molecule has 0 aliphatic carbocycles. The third-order valence-electron chi connectivity index (χ3n) is 5.75. The summed E-state index contributed by atoms with van der Waals surface area (Å²) in [4.78, 5) is 25.4. The molecule has 0 N–H and O–H groups in total. The van der Waals surface area contributed by atoms with Crippen LogP contribution in [-0.2, 0) is 9.84 Å². The van der Waals surface area contributed by atoms with Crippen molar-refractivity contribution in [2.75, 3.05) is 0 Å². The monoisotopic (exact) mass is 516 g/mol. The number of thiol groups is 1. The zero-order valence-electron chi connectivity index (χ0n) is 20.4. The maximum absolute atomic E-state index is 12.8. The van der Waals surface area contributed by atoms with Crippen molar-refractivity contribution in [1.29, 1.82) is 0 Å². The minimum Gasteiger partial charge on any atom is -0.292 e. The maximum atomic E-state index is 12.8. The highest BCUT2D eigenvalue weighted by molar-refractivity contribution is 7.93. The van der Waals surface area contributed by atoms with E-state index in [9.17, 15) is 18.0 Å². The van der Waals surface area contributed by atoms with Crippen LogP contribution in [0, 0.1) is 6.92 Å². The Hall–Kier alpha value is -3.48. The van der Waals surface area contributed by atoms with Crippen molar-refractivity contribution in [3.05, 3.63) is 131 Å². The third kappa shape index (κ3) is 6.20. The first-order chi connectivity index (χ1) is 17.0. The molecular weight excluding hydrogens is 488 g/mol. The lowest BCUT2D eigenvalue weighted by molar-refractivity contribution is 0.0953. The molecule has 0 spiro atoms. The number of ketones is 2. The van der Waals surface area contributed by atoms with Gasteiger partial charge in [0.25, 0.3) is 0 Å². The van der Waals surface area contributed by atoms with E-state index in [0.29, 0.717) is 5.56 Å². The van der Waals surface area contributed by atoms with Crippen LogP contribution in [0.2, 0.25) is 0 Å². The van der Waals surface area contributed by atoms with Gasteiger partial charge in [-0.2, -0.15) is 0 Å². The summed E-state index contributed by atoms with van der Waals surface area (Å²) in [6.45, 7) is 4.77. The first-order valence-electron chi connectivity index (χ1n) is 11.3. The van der Waals surface area contributed by atoms with Gasteiger partial charge in [0, 0.05) is 21.6 Å². The summed E-state index contributed by atoms with van der Waals surface area (Å²) >= 11 is 4.17. The molecule has 4 aromatic rings. The Balaban J connectivity index is 0.000000221. The molecule has 4 rings (SSSR count). The predicted molar refractivity (Wildman–Crippen MR) is 147 cm³/mol. The fourth-order valence-corrected chi connectivity index (χ4v) is 5.03. The van der Waals surface area contributed by atoms with Crippen LogP contribution in [0.15, 0.2) is 119 Å². The van der Waals surface area contributed by atoms with Gasteiger partial charge >= 0.3 is 0 Å². The van der Waals surface area contributed by atoms with E-state index >= 15 is 0 Å².